The molecule has 1 atom stereocenters. The van der Waals surface area contributed by atoms with E-state index in [-0.39, 0.29) is 23.3 Å². The summed E-state index contributed by atoms with van der Waals surface area (Å²) >= 11 is 1.60. The maximum atomic E-state index is 14.3. The van der Waals surface area contributed by atoms with Gasteiger partial charge >= 0.3 is 0 Å². The lowest BCUT2D eigenvalue weighted by molar-refractivity contribution is 0.00948. The normalized spacial score (nSPS) is 21.8. The number of nitrogens with zero attached hydrogens (tertiary/aromatic N) is 2. The van der Waals surface area contributed by atoms with Gasteiger partial charge in [-0.2, -0.15) is 0 Å². The van der Waals surface area contributed by atoms with Gasteiger partial charge in [0.2, 0.25) is 0 Å². The Hall–Kier alpha value is -3.48. The first-order chi connectivity index (χ1) is 19.4. The van der Waals surface area contributed by atoms with Crippen molar-refractivity contribution in [3.8, 4) is 0 Å². The van der Waals surface area contributed by atoms with E-state index in [1.807, 2.05) is 24.3 Å². The van der Waals surface area contributed by atoms with Crippen molar-refractivity contribution in [2.24, 2.45) is 5.92 Å². The molecule has 1 amide bonds. The SMILES string of the molecule is CN(C)C(c1cccc(F)c1)C1CCC2(CC1)c1[nH]c3ccccc3c1CCN2C(=O)c1cc2ccccc2s1. The molecule has 1 aliphatic carbocycles. The fraction of sp³-hybridized carbons (Fsp3) is 0.324. The Labute approximate surface area is 238 Å². The average Bonchev–Trinajstić information content (AvgIpc) is 3.57. The number of benzene rings is 3. The summed E-state index contributed by atoms with van der Waals surface area (Å²) in [5, 5.41) is 2.40. The maximum absolute atomic E-state index is 14.3. The molecular formula is C34H34FN3OS. The van der Waals surface area contributed by atoms with Gasteiger partial charge in [0.05, 0.1) is 10.4 Å². The van der Waals surface area contributed by atoms with Crippen molar-refractivity contribution in [3.05, 3.63) is 106 Å². The Morgan fingerprint density at radius 1 is 1.02 bits per heavy atom. The van der Waals surface area contributed by atoms with E-state index in [0.29, 0.717) is 12.5 Å². The van der Waals surface area contributed by atoms with E-state index < -0.39 is 0 Å². The molecule has 0 saturated heterocycles. The van der Waals surface area contributed by atoms with E-state index >= 15 is 0 Å². The van der Waals surface area contributed by atoms with E-state index in [2.05, 4.69) is 71.3 Å². The third kappa shape index (κ3) is 4.08. The van der Waals surface area contributed by atoms with Crippen molar-refractivity contribution < 1.29 is 9.18 Å². The summed E-state index contributed by atoms with van der Waals surface area (Å²) in [5.74, 6) is 0.323. The first kappa shape index (κ1) is 25.5. The lowest BCUT2D eigenvalue weighted by Gasteiger charge is -2.51. The molecule has 204 valence electrons. The summed E-state index contributed by atoms with van der Waals surface area (Å²) in [5.41, 5.74) is 4.38. The molecule has 4 nitrogen and oxygen atoms in total. The third-order valence-electron chi connectivity index (χ3n) is 9.31. The van der Waals surface area contributed by atoms with Crippen molar-refractivity contribution in [2.75, 3.05) is 20.6 Å². The largest absolute Gasteiger partial charge is 0.356 e. The molecule has 2 aliphatic rings. The molecule has 3 aromatic carbocycles. The summed E-state index contributed by atoms with van der Waals surface area (Å²) < 4.78 is 15.4. The van der Waals surface area contributed by atoms with Gasteiger partial charge < -0.3 is 14.8 Å². The van der Waals surface area contributed by atoms with Crippen LogP contribution >= 0.6 is 11.3 Å². The van der Waals surface area contributed by atoms with Crippen molar-refractivity contribution in [1.82, 2.24) is 14.8 Å². The number of para-hydroxylation sites is 1. The van der Waals surface area contributed by atoms with Gasteiger partial charge in [-0.1, -0.05) is 48.5 Å². The number of hydrogen-bond donors (Lipinski definition) is 1. The van der Waals surface area contributed by atoms with Crippen LogP contribution in [0.3, 0.4) is 0 Å². The predicted molar refractivity (Wildman–Crippen MR) is 161 cm³/mol. The minimum atomic E-state index is -0.380. The molecule has 6 heteroatoms. The first-order valence-electron chi connectivity index (χ1n) is 14.3. The highest BCUT2D eigenvalue weighted by atomic mass is 32.1. The van der Waals surface area contributed by atoms with E-state index in [0.717, 1.165) is 58.1 Å². The Balaban J connectivity index is 1.28. The molecule has 1 saturated carbocycles. The number of nitrogens with one attached hydrogen (secondary N) is 1. The molecule has 7 rings (SSSR count). The molecule has 1 spiro atoms. The first-order valence-corrected chi connectivity index (χ1v) is 15.1. The third-order valence-corrected chi connectivity index (χ3v) is 10.4. The van der Waals surface area contributed by atoms with Gasteiger partial charge in [-0.05, 0) is 99.0 Å². The van der Waals surface area contributed by atoms with Crippen LogP contribution in [0.4, 0.5) is 4.39 Å². The number of carbonyl (C=O) groups excluding carboxylic acids is 1. The summed E-state index contributed by atoms with van der Waals surface area (Å²) in [4.78, 5) is 23.4. The molecule has 2 aromatic heterocycles. The Bertz CT molecular complexity index is 1680. The zero-order valence-corrected chi connectivity index (χ0v) is 23.8. The number of aromatic amines is 1. The monoisotopic (exact) mass is 551 g/mol. The fourth-order valence-electron chi connectivity index (χ4n) is 7.58. The second kappa shape index (κ2) is 9.86. The quantitative estimate of drug-likeness (QED) is 0.247. The smallest absolute Gasteiger partial charge is 0.264 e. The van der Waals surface area contributed by atoms with Gasteiger partial charge in [-0.3, -0.25) is 4.79 Å². The zero-order chi connectivity index (χ0) is 27.4. The molecular weight excluding hydrogens is 517 g/mol. The van der Waals surface area contributed by atoms with E-state index in [1.165, 1.54) is 22.7 Å². The van der Waals surface area contributed by atoms with Gasteiger partial charge in [0.1, 0.15) is 5.82 Å². The molecule has 5 aromatic rings. The van der Waals surface area contributed by atoms with Crippen LogP contribution in [0.25, 0.3) is 21.0 Å². The van der Waals surface area contributed by atoms with E-state index in [9.17, 15) is 9.18 Å². The summed E-state index contributed by atoms with van der Waals surface area (Å²) in [6.45, 7) is 0.716. The second-order valence-electron chi connectivity index (χ2n) is 11.7. The predicted octanol–water partition coefficient (Wildman–Crippen LogP) is 7.91. The van der Waals surface area contributed by atoms with E-state index in [1.54, 1.807) is 17.4 Å². The number of rotatable bonds is 4. The van der Waals surface area contributed by atoms with Crippen LogP contribution in [0.15, 0.2) is 78.9 Å². The average molecular weight is 552 g/mol. The number of hydrogen-bond acceptors (Lipinski definition) is 3. The van der Waals surface area contributed by atoms with Crippen LogP contribution in [0, 0.1) is 11.7 Å². The highest BCUT2D eigenvalue weighted by Gasteiger charge is 2.50. The highest BCUT2D eigenvalue weighted by Crippen LogP contribution is 2.52. The molecule has 1 unspecified atom stereocenters. The topological polar surface area (TPSA) is 39.3 Å². The van der Waals surface area contributed by atoms with Crippen LogP contribution in [0.5, 0.6) is 0 Å². The van der Waals surface area contributed by atoms with Gasteiger partial charge in [0.25, 0.3) is 5.91 Å². The minimum absolute atomic E-state index is 0.130. The number of carbonyl (C=O) groups is 1. The summed E-state index contributed by atoms with van der Waals surface area (Å²) in [7, 11) is 4.18. The highest BCUT2D eigenvalue weighted by molar-refractivity contribution is 7.20. The Kier molecular flexibility index (Phi) is 6.28. The Morgan fingerprint density at radius 3 is 2.58 bits per heavy atom. The van der Waals surface area contributed by atoms with Gasteiger partial charge in [-0.25, -0.2) is 4.39 Å². The summed E-state index contributed by atoms with van der Waals surface area (Å²) in [6, 6.07) is 26.0. The van der Waals surface area contributed by atoms with Crippen LogP contribution in [-0.4, -0.2) is 41.3 Å². The van der Waals surface area contributed by atoms with Crippen LogP contribution < -0.4 is 0 Å². The molecule has 40 heavy (non-hydrogen) atoms. The lowest BCUT2D eigenvalue weighted by atomic mass is 9.68. The number of thiophene rings is 1. The van der Waals surface area contributed by atoms with Crippen molar-refractivity contribution >= 4 is 38.2 Å². The summed E-state index contributed by atoms with van der Waals surface area (Å²) in [6.07, 6.45) is 4.54. The Morgan fingerprint density at radius 2 is 1.80 bits per heavy atom. The molecule has 1 N–H and O–H groups in total. The van der Waals surface area contributed by atoms with Crippen LogP contribution in [-0.2, 0) is 12.0 Å². The molecule has 0 radical (unpaired) electrons. The maximum Gasteiger partial charge on any atom is 0.264 e. The van der Waals surface area contributed by atoms with Gasteiger partial charge in [0.15, 0.2) is 0 Å². The zero-order valence-electron chi connectivity index (χ0n) is 23.0. The van der Waals surface area contributed by atoms with Crippen LogP contribution in [0.2, 0.25) is 0 Å². The van der Waals surface area contributed by atoms with E-state index in [4.69, 9.17) is 0 Å². The standard InChI is InChI=1S/C34H34FN3OS/c1-37(2)31(24-9-7-10-25(35)20-24)22-14-17-34(18-15-22)32-27(26-11-4-5-12-28(26)36-32)16-19-38(34)33(39)30-21-23-8-3-6-13-29(23)40-30/h3-13,20-22,31,36H,14-19H2,1-2H3. The van der Waals surface area contributed by atoms with Gasteiger partial charge in [-0.15, -0.1) is 11.3 Å². The number of amides is 1. The van der Waals surface area contributed by atoms with Crippen molar-refractivity contribution in [3.63, 3.8) is 0 Å². The molecule has 0 bridgehead atoms. The lowest BCUT2D eigenvalue weighted by Crippen LogP contribution is -2.55. The van der Waals surface area contributed by atoms with Crippen molar-refractivity contribution in [1.29, 1.82) is 0 Å². The van der Waals surface area contributed by atoms with Crippen LogP contribution in [0.1, 0.15) is 58.2 Å². The second-order valence-corrected chi connectivity index (χ2v) is 12.8. The van der Waals surface area contributed by atoms with Gasteiger partial charge in [0, 0.05) is 33.9 Å². The molecule has 1 aliphatic heterocycles. The number of halogens is 1. The minimum Gasteiger partial charge on any atom is -0.356 e. The number of H-pyrrole nitrogens is 1. The number of aromatic nitrogens is 1. The number of fused-ring (bicyclic) bond motifs is 5. The fourth-order valence-corrected chi connectivity index (χ4v) is 8.59. The van der Waals surface area contributed by atoms with Crippen molar-refractivity contribution in [2.45, 2.75) is 43.7 Å². The molecule has 1 fully saturated rings. The molecule has 3 heterocycles.